The van der Waals surface area contributed by atoms with E-state index >= 15 is 0 Å². The van der Waals surface area contributed by atoms with E-state index in [0.717, 1.165) is 4.46 Å². The first-order valence-electron chi connectivity index (χ1n) is 4.93. The molecule has 5 heteroatoms. The van der Waals surface area contributed by atoms with Gasteiger partial charge in [0.2, 0.25) is 0 Å². The molecule has 0 amide bonds. The van der Waals surface area contributed by atoms with Crippen molar-refractivity contribution in [2.24, 2.45) is 0 Å². The first-order chi connectivity index (χ1) is 7.50. The van der Waals surface area contributed by atoms with Gasteiger partial charge in [-0.25, -0.2) is 0 Å². The number of hydrogen-bond donors (Lipinski definition) is 0. The normalized spacial score (nSPS) is 14.2. The van der Waals surface area contributed by atoms with Crippen LogP contribution in [0.1, 0.15) is 13.8 Å². The Morgan fingerprint density at radius 1 is 1.38 bits per heavy atom. The number of hydrogen-bond acceptors (Lipinski definition) is 2. The average molecular weight is 328 g/mol. The zero-order chi connectivity index (χ0) is 12.2. The summed E-state index contributed by atoms with van der Waals surface area (Å²) in [6, 6.07) is 9.33. The van der Waals surface area contributed by atoms with E-state index in [2.05, 4.69) is 0 Å². The summed E-state index contributed by atoms with van der Waals surface area (Å²) in [5.41, 5.74) is 0. The summed E-state index contributed by atoms with van der Waals surface area (Å²) in [5.74, 6) is -0.323. The third-order valence-corrected chi connectivity index (χ3v) is 10.9. The molecule has 0 aliphatic rings. The van der Waals surface area contributed by atoms with Gasteiger partial charge in [-0.05, 0) is 0 Å². The van der Waals surface area contributed by atoms with E-state index in [0.29, 0.717) is 6.61 Å². The molecule has 1 unspecified atom stereocenters. The fraction of sp³-hybridized carbons (Fsp3) is 0.364. The van der Waals surface area contributed by atoms with Crippen LogP contribution in [0.5, 0.6) is 0 Å². The molecule has 0 saturated carbocycles. The third-order valence-electron chi connectivity index (χ3n) is 2.12. The van der Waals surface area contributed by atoms with E-state index in [1.807, 2.05) is 30.3 Å². The van der Waals surface area contributed by atoms with Gasteiger partial charge in [0, 0.05) is 0 Å². The predicted octanol–water partition coefficient (Wildman–Crippen LogP) is 2.77. The molecule has 0 aliphatic carbocycles. The van der Waals surface area contributed by atoms with Gasteiger partial charge < -0.3 is 0 Å². The van der Waals surface area contributed by atoms with Gasteiger partial charge in [0.15, 0.2) is 0 Å². The summed E-state index contributed by atoms with van der Waals surface area (Å²) in [4.78, 5) is 11.2. The summed E-state index contributed by atoms with van der Waals surface area (Å²) < 4.78 is 5.79. The second kappa shape index (κ2) is 5.92. The Morgan fingerprint density at radius 3 is 2.44 bits per heavy atom. The van der Waals surface area contributed by atoms with Gasteiger partial charge in [-0.15, -0.1) is 0 Å². The summed E-state index contributed by atoms with van der Waals surface area (Å²) in [5, 5.41) is 0. The number of ether oxygens (including phenoxy) is 1. The van der Waals surface area contributed by atoms with Crippen molar-refractivity contribution in [3.8, 4) is 0 Å². The van der Waals surface area contributed by atoms with Crippen molar-refractivity contribution in [3.63, 3.8) is 0 Å². The van der Waals surface area contributed by atoms with Crippen molar-refractivity contribution in [2.75, 3.05) is 6.61 Å². The summed E-state index contributed by atoms with van der Waals surface area (Å²) in [6.07, 6.45) is 0. The Balaban J connectivity index is 2.89. The second-order valence-corrected chi connectivity index (χ2v) is 13.7. The zero-order valence-electron chi connectivity index (χ0n) is 9.15. The molecule has 0 aromatic heterocycles. The Labute approximate surface area is 107 Å². The molecule has 1 atom stereocenters. The number of halogens is 2. The monoisotopic (exact) mass is 328 g/mol. The minimum absolute atomic E-state index is 0.323. The molecule has 0 saturated heterocycles. The van der Waals surface area contributed by atoms with Gasteiger partial charge in [0.1, 0.15) is 0 Å². The van der Waals surface area contributed by atoms with Crippen LogP contribution in [0, 0.1) is 0 Å². The van der Waals surface area contributed by atoms with Crippen molar-refractivity contribution < 1.29 is 9.53 Å². The molecule has 0 spiro atoms. The molecular weight excluding hydrogens is 314 g/mol. The molecule has 0 fully saturated rings. The number of esters is 1. The molecule has 0 radical (unpaired) electrons. The van der Waals surface area contributed by atoms with Gasteiger partial charge in [0.05, 0.1) is 0 Å². The SMILES string of the molecule is CCOC(=O)C(C)[Se](Cl)(Cl)c1ccccc1. The van der Waals surface area contributed by atoms with Crippen LogP contribution in [-0.2, 0) is 9.53 Å². The maximum absolute atomic E-state index is 11.6. The topological polar surface area (TPSA) is 26.3 Å². The molecule has 1 rings (SSSR count). The molecule has 0 heterocycles. The van der Waals surface area contributed by atoms with Crippen molar-refractivity contribution in [3.05, 3.63) is 30.3 Å². The molecule has 16 heavy (non-hydrogen) atoms. The Kier molecular flexibility index (Phi) is 5.13. The van der Waals surface area contributed by atoms with Crippen molar-refractivity contribution >= 4 is 41.6 Å². The summed E-state index contributed by atoms with van der Waals surface area (Å²) in [6.45, 7) is 3.84. The van der Waals surface area contributed by atoms with E-state index in [1.54, 1.807) is 13.8 Å². The molecule has 0 aliphatic heterocycles. The van der Waals surface area contributed by atoms with Crippen molar-refractivity contribution in [1.29, 1.82) is 0 Å². The Morgan fingerprint density at radius 2 is 1.94 bits per heavy atom. The molecule has 1 aromatic rings. The first kappa shape index (κ1) is 13.9. The molecule has 2 nitrogen and oxygen atoms in total. The number of carbonyl (C=O) groups is 1. The molecule has 0 N–H and O–H groups in total. The minimum atomic E-state index is -3.01. The summed E-state index contributed by atoms with van der Waals surface area (Å²) >= 11 is -3.01. The van der Waals surface area contributed by atoms with Crippen LogP contribution in [0.4, 0.5) is 0 Å². The van der Waals surface area contributed by atoms with Crippen LogP contribution in [0.3, 0.4) is 0 Å². The molecule has 0 bridgehead atoms. The van der Waals surface area contributed by atoms with Gasteiger partial charge >= 0.3 is 107 Å². The maximum atomic E-state index is 11.6. The van der Waals surface area contributed by atoms with Crippen molar-refractivity contribution in [2.45, 2.75) is 18.7 Å². The Hall–Kier alpha value is -0.211. The second-order valence-electron chi connectivity index (χ2n) is 3.22. The number of rotatable bonds is 4. The Bertz CT molecular complexity index is 354. The van der Waals surface area contributed by atoms with Crippen LogP contribution in [0.2, 0.25) is 4.82 Å². The average Bonchev–Trinajstić information content (AvgIpc) is 2.29. The van der Waals surface area contributed by atoms with Crippen molar-refractivity contribution in [1.82, 2.24) is 0 Å². The van der Waals surface area contributed by atoms with Crippen LogP contribution >= 0.6 is 20.2 Å². The fourth-order valence-corrected chi connectivity index (χ4v) is 5.61. The molecular formula is C11H14Cl2O2Se. The van der Waals surface area contributed by atoms with Gasteiger partial charge in [-0.1, -0.05) is 0 Å². The van der Waals surface area contributed by atoms with Gasteiger partial charge in [-0.2, -0.15) is 0 Å². The van der Waals surface area contributed by atoms with Crippen LogP contribution in [0.25, 0.3) is 0 Å². The summed E-state index contributed by atoms with van der Waals surface area (Å²) in [7, 11) is 12.7. The zero-order valence-corrected chi connectivity index (χ0v) is 12.4. The third kappa shape index (κ3) is 3.14. The molecule has 1 aromatic carbocycles. The van der Waals surface area contributed by atoms with Crippen LogP contribution < -0.4 is 4.46 Å². The number of benzene rings is 1. The van der Waals surface area contributed by atoms with E-state index in [1.165, 1.54) is 0 Å². The quantitative estimate of drug-likeness (QED) is 0.628. The number of carbonyl (C=O) groups excluding carboxylic acids is 1. The van der Waals surface area contributed by atoms with Gasteiger partial charge in [-0.3, -0.25) is 0 Å². The fourth-order valence-electron chi connectivity index (χ4n) is 1.19. The van der Waals surface area contributed by atoms with E-state index in [-0.39, 0.29) is 5.97 Å². The van der Waals surface area contributed by atoms with Crippen LogP contribution in [0.15, 0.2) is 30.3 Å². The van der Waals surface area contributed by atoms with E-state index in [9.17, 15) is 4.79 Å². The standard InChI is InChI=1S/C11H14Cl2O2Se/c1-3-15-11(14)9(2)16(12,13)10-7-5-4-6-8-10/h4-9H,3H2,1-2H3. The first-order valence-corrected chi connectivity index (χ1v) is 11.3. The predicted molar refractivity (Wildman–Crippen MR) is 69.6 cm³/mol. The van der Waals surface area contributed by atoms with E-state index < -0.39 is 15.8 Å². The molecule has 90 valence electrons. The van der Waals surface area contributed by atoms with E-state index in [4.69, 9.17) is 24.9 Å². The van der Waals surface area contributed by atoms with Gasteiger partial charge in [0.25, 0.3) is 0 Å². The van der Waals surface area contributed by atoms with Crippen LogP contribution in [-0.4, -0.2) is 23.6 Å².